The first-order valence-electron chi connectivity index (χ1n) is 7.51. The van der Waals surface area contributed by atoms with Crippen molar-refractivity contribution in [2.45, 2.75) is 60.2 Å². The van der Waals surface area contributed by atoms with Crippen LogP contribution in [0.25, 0.3) is 0 Å². The van der Waals surface area contributed by atoms with E-state index in [0.717, 1.165) is 5.75 Å². The van der Waals surface area contributed by atoms with Gasteiger partial charge in [-0.05, 0) is 48.3 Å². The fourth-order valence-corrected chi connectivity index (χ4v) is 2.60. The molecule has 0 spiro atoms. The summed E-state index contributed by atoms with van der Waals surface area (Å²) in [5.41, 5.74) is 1.68. The zero-order chi connectivity index (χ0) is 16.0. The summed E-state index contributed by atoms with van der Waals surface area (Å²) in [6, 6.07) is 8.27. The first-order chi connectivity index (χ1) is 9.73. The minimum absolute atomic E-state index is 0.318. The molecule has 0 heterocycles. The van der Waals surface area contributed by atoms with Crippen molar-refractivity contribution in [2.24, 2.45) is 11.3 Å². The highest BCUT2D eigenvalue weighted by atomic mass is 35.5. The van der Waals surface area contributed by atoms with Gasteiger partial charge in [0.05, 0.1) is 0 Å². The highest BCUT2D eigenvalue weighted by Gasteiger charge is 2.23. The number of benzene rings is 1. The minimum Gasteiger partial charge on any atom is -0.464 e. The number of rotatable bonds is 7. The molecule has 21 heavy (non-hydrogen) atoms. The molecular formula is C17H28ClNO2. The number of halogens is 1. The van der Waals surface area contributed by atoms with Crippen LogP contribution in [0.1, 0.15) is 59.4 Å². The maximum Gasteiger partial charge on any atom is 0.216 e. The lowest BCUT2D eigenvalue weighted by molar-refractivity contribution is -0.0910. The summed E-state index contributed by atoms with van der Waals surface area (Å²) < 4.78 is 5.58. The highest BCUT2D eigenvalue weighted by molar-refractivity contribution is 6.12. The summed E-state index contributed by atoms with van der Waals surface area (Å²) in [7, 11) is 0. The fraction of sp³-hybridized carbons (Fsp3) is 0.647. The Balaban J connectivity index is 2.78. The molecule has 2 unspecified atom stereocenters. The van der Waals surface area contributed by atoms with Crippen LogP contribution in [0.15, 0.2) is 24.3 Å². The van der Waals surface area contributed by atoms with Crippen LogP contribution in [0.5, 0.6) is 5.75 Å². The van der Waals surface area contributed by atoms with Gasteiger partial charge in [0.2, 0.25) is 6.29 Å². The molecule has 3 nitrogen and oxygen atoms in total. The summed E-state index contributed by atoms with van der Waals surface area (Å²) in [4.78, 5) is 7.03. The van der Waals surface area contributed by atoms with Crippen LogP contribution >= 0.6 is 11.8 Å². The molecule has 0 aromatic heterocycles. The van der Waals surface area contributed by atoms with Gasteiger partial charge in [-0.1, -0.05) is 46.8 Å². The molecule has 1 aromatic rings. The molecule has 120 valence electrons. The van der Waals surface area contributed by atoms with Crippen molar-refractivity contribution in [3.8, 4) is 5.75 Å². The van der Waals surface area contributed by atoms with Gasteiger partial charge in [0.25, 0.3) is 0 Å². The molecule has 1 N–H and O–H groups in total. The van der Waals surface area contributed by atoms with Crippen LogP contribution in [0, 0.1) is 11.3 Å². The monoisotopic (exact) mass is 313 g/mol. The molecule has 0 aliphatic rings. The molecule has 0 aliphatic heterocycles. The standard InChI is InChI=1S/C17H28ClNO2/c1-12(2)16(11-17(4,5)6)14-7-9-15(10-8-14)20-13(3)21-19-18/h7-10,12-13,16,19H,11H2,1-6H3. The third-order valence-corrected chi connectivity index (χ3v) is 3.55. The summed E-state index contributed by atoms with van der Waals surface area (Å²) in [5, 5.41) is 0. The number of hydrogen-bond acceptors (Lipinski definition) is 3. The van der Waals surface area contributed by atoms with E-state index in [1.54, 1.807) is 6.92 Å². The largest absolute Gasteiger partial charge is 0.464 e. The lowest BCUT2D eigenvalue weighted by atomic mass is 9.76. The Hall–Kier alpha value is -0.770. The van der Waals surface area contributed by atoms with E-state index in [1.165, 1.54) is 12.0 Å². The summed E-state index contributed by atoms with van der Waals surface area (Å²) in [5.74, 6) is 1.94. The van der Waals surface area contributed by atoms with E-state index < -0.39 is 6.29 Å². The fourth-order valence-electron chi connectivity index (χ4n) is 2.47. The van der Waals surface area contributed by atoms with E-state index in [9.17, 15) is 0 Å². The lowest BCUT2D eigenvalue weighted by Crippen LogP contribution is -2.20. The Morgan fingerprint density at radius 1 is 1.10 bits per heavy atom. The molecule has 0 amide bonds. The molecule has 0 fully saturated rings. The van der Waals surface area contributed by atoms with E-state index in [2.05, 4.69) is 51.8 Å². The van der Waals surface area contributed by atoms with Crippen molar-refractivity contribution >= 4 is 11.8 Å². The number of hydrogen-bond donors (Lipinski definition) is 1. The molecule has 2 atom stereocenters. The van der Waals surface area contributed by atoms with E-state index in [4.69, 9.17) is 21.4 Å². The van der Waals surface area contributed by atoms with Crippen LogP contribution in [0.3, 0.4) is 0 Å². The van der Waals surface area contributed by atoms with Crippen LogP contribution in [0.2, 0.25) is 0 Å². The Bertz CT molecular complexity index is 412. The number of ether oxygens (including phenoxy) is 1. The Morgan fingerprint density at radius 2 is 1.67 bits per heavy atom. The van der Waals surface area contributed by atoms with Crippen molar-refractivity contribution < 1.29 is 9.57 Å². The third kappa shape index (κ3) is 6.68. The first-order valence-corrected chi connectivity index (χ1v) is 7.88. The average molecular weight is 314 g/mol. The van der Waals surface area contributed by atoms with Gasteiger partial charge in [-0.2, -0.15) is 0 Å². The van der Waals surface area contributed by atoms with Crippen LogP contribution < -0.4 is 9.74 Å². The van der Waals surface area contributed by atoms with Crippen molar-refractivity contribution in [1.29, 1.82) is 0 Å². The smallest absolute Gasteiger partial charge is 0.216 e. The van der Waals surface area contributed by atoms with Crippen molar-refractivity contribution in [3.63, 3.8) is 0 Å². The van der Waals surface area contributed by atoms with E-state index in [1.807, 2.05) is 12.1 Å². The van der Waals surface area contributed by atoms with Crippen LogP contribution in [-0.4, -0.2) is 6.29 Å². The molecule has 0 radical (unpaired) electrons. The second-order valence-corrected chi connectivity index (χ2v) is 7.22. The maximum atomic E-state index is 5.58. The molecule has 1 rings (SSSR count). The molecule has 1 aromatic carbocycles. The quantitative estimate of drug-likeness (QED) is 0.423. The average Bonchev–Trinajstić information content (AvgIpc) is 2.36. The van der Waals surface area contributed by atoms with Gasteiger partial charge in [-0.25, -0.2) is 4.84 Å². The molecule has 0 bridgehead atoms. The van der Waals surface area contributed by atoms with Gasteiger partial charge in [-0.15, -0.1) is 5.00 Å². The molecule has 0 saturated carbocycles. The van der Waals surface area contributed by atoms with Gasteiger partial charge in [0.15, 0.2) is 0 Å². The normalized spacial score (nSPS) is 15.0. The molecular weight excluding hydrogens is 286 g/mol. The second kappa shape index (κ2) is 8.02. The summed E-state index contributed by atoms with van der Waals surface area (Å²) in [6.45, 7) is 13.2. The van der Waals surface area contributed by atoms with E-state index in [0.29, 0.717) is 17.3 Å². The Morgan fingerprint density at radius 3 is 2.10 bits per heavy atom. The topological polar surface area (TPSA) is 30.5 Å². The van der Waals surface area contributed by atoms with E-state index in [-0.39, 0.29) is 0 Å². The zero-order valence-corrected chi connectivity index (χ0v) is 14.7. The summed E-state index contributed by atoms with van der Waals surface area (Å²) in [6.07, 6.45) is 0.726. The van der Waals surface area contributed by atoms with Gasteiger partial charge < -0.3 is 4.74 Å². The maximum absolute atomic E-state index is 5.58. The van der Waals surface area contributed by atoms with Crippen molar-refractivity contribution in [1.82, 2.24) is 5.00 Å². The van der Waals surface area contributed by atoms with Crippen LogP contribution in [-0.2, 0) is 4.84 Å². The Kier molecular flexibility index (Phi) is 6.98. The predicted octanol–water partition coefficient (Wildman–Crippen LogP) is 5.26. The lowest BCUT2D eigenvalue weighted by Gasteiger charge is -2.29. The van der Waals surface area contributed by atoms with E-state index >= 15 is 0 Å². The number of nitrogens with one attached hydrogen (secondary N) is 1. The Labute approximate surface area is 134 Å². The van der Waals surface area contributed by atoms with Crippen molar-refractivity contribution in [3.05, 3.63) is 29.8 Å². The van der Waals surface area contributed by atoms with Gasteiger partial charge in [-0.3, -0.25) is 0 Å². The summed E-state index contributed by atoms with van der Waals surface area (Å²) >= 11 is 5.27. The SMILES string of the molecule is CC(ONCl)Oc1ccc(C(CC(C)(C)C)C(C)C)cc1. The molecule has 0 aliphatic carbocycles. The first kappa shape index (κ1) is 18.3. The second-order valence-electron chi connectivity index (χ2n) is 7.06. The van der Waals surface area contributed by atoms with Gasteiger partial charge in [0.1, 0.15) is 5.75 Å². The highest BCUT2D eigenvalue weighted by Crippen LogP contribution is 2.36. The predicted molar refractivity (Wildman–Crippen MR) is 88.3 cm³/mol. The van der Waals surface area contributed by atoms with Gasteiger partial charge in [0, 0.05) is 11.8 Å². The minimum atomic E-state index is -0.441. The molecule has 4 heteroatoms. The third-order valence-electron chi connectivity index (χ3n) is 3.46. The van der Waals surface area contributed by atoms with Crippen LogP contribution in [0.4, 0.5) is 0 Å². The zero-order valence-electron chi connectivity index (χ0n) is 13.9. The van der Waals surface area contributed by atoms with Gasteiger partial charge >= 0.3 is 0 Å². The van der Waals surface area contributed by atoms with Crippen molar-refractivity contribution in [2.75, 3.05) is 0 Å². The molecule has 0 saturated heterocycles.